The Hall–Kier alpha value is -3.55. The molecule has 8 heteroatoms. The van der Waals surface area contributed by atoms with Gasteiger partial charge in [0.2, 0.25) is 11.8 Å². The number of ether oxygens (including phenoxy) is 3. The van der Waals surface area contributed by atoms with Gasteiger partial charge in [-0.15, -0.1) is 0 Å². The van der Waals surface area contributed by atoms with E-state index in [0.29, 0.717) is 36.8 Å². The van der Waals surface area contributed by atoms with E-state index in [1.807, 2.05) is 30.3 Å². The fourth-order valence-electron chi connectivity index (χ4n) is 3.81. The number of esters is 1. The molecule has 0 spiro atoms. The average Bonchev–Trinajstić information content (AvgIpc) is 3.20. The van der Waals surface area contributed by atoms with E-state index in [2.05, 4.69) is 5.32 Å². The van der Waals surface area contributed by atoms with Crippen molar-refractivity contribution in [3.05, 3.63) is 54.1 Å². The van der Waals surface area contributed by atoms with Crippen LogP contribution < -0.4 is 19.7 Å². The van der Waals surface area contributed by atoms with E-state index in [-0.39, 0.29) is 24.8 Å². The molecule has 0 bridgehead atoms. The fraction of sp³-hybridized carbons (Fsp3) is 0.348. The van der Waals surface area contributed by atoms with Gasteiger partial charge in [0.1, 0.15) is 19.3 Å². The van der Waals surface area contributed by atoms with Gasteiger partial charge < -0.3 is 24.4 Å². The number of nitrogens with zero attached hydrogens (tertiary/aromatic N) is 1. The van der Waals surface area contributed by atoms with Crippen LogP contribution in [0.5, 0.6) is 11.5 Å². The monoisotopic (exact) mass is 424 g/mol. The Morgan fingerprint density at radius 2 is 1.87 bits per heavy atom. The van der Waals surface area contributed by atoms with Crippen LogP contribution in [0.25, 0.3) is 0 Å². The highest BCUT2D eigenvalue weighted by molar-refractivity contribution is 6.01. The van der Waals surface area contributed by atoms with Gasteiger partial charge in [0, 0.05) is 31.1 Å². The molecule has 2 atom stereocenters. The normalized spacial score (nSPS) is 18.4. The largest absolute Gasteiger partial charge is 0.486 e. The molecule has 0 saturated carbocycles. The van der Waals surface area contributed by atoms with Gasteiger partial charge in [-0.25, -0.2) is 4.79 Å². The van der Waals surface area contributed by atoms with E-state index in [1.54, 1.807) is 23.1 Å². The number of nitrogens with one attached hydrogen (secondary N) is 1. The molecular weight excluding hydrogens is 400 g/mol. The predicted molar refractivity (Wildman–Crippen MR) is 112 cm³/mol. The Kier molecular flexibility index (Phi) is 6.06. The van der Waals surface area contributed by atoms with Gasteiger partial charge >= 0.3 is 5.97 Å². The molecule has 0 radical (unpaired) electrons. The summed E-state index contributed by atoms with van der Waals surface area (Å²) in [5.41, 5.74) is 1.55. The Balaban J connectivity index is 1.44. The van der Waals surface area contributed by atoms with Crippen molar-refractivity contribution in [2.75, 3.05) is 31.8 Å². The summed E-state index contributed by atoms with van der Waals surface area (Å²) in [5.74, 6) is -0.376. The molecule has 0 unspecified atom stereocenters. The van der Waals surface area contributed by atoms with Crippen molar-refractivity contribution in [1.29, 1.82) is 0 Å². The number of anilines is 1. The number of hydrogen-bond acceptors (Lipinski definition) is 6. The molecule has 8 nitrogen and oxygen atoms in total. The first-order valence-electron chi connectivity index (χ1n) is 10.2. The number of fused-ring (bicyclic) bond motifs is 1. The maximum absolute atomic E-state index is 12.9. The number of rotatable bonds is 6. The second kappa shape index (κ2) is 9.07. The summed E-state index contributed by atoms with van der Waals surface area (Å²) in [6.45, 7) is 1.16. The molecule has 0 aliphatic carbocycles. The van der Waals surface area contributed by atoms with Crippen molar-refractivity contribution in [2.24, 2.45) is 5.92 Å². The van der Waals surface area contributed by atoms with Gasteiger partial charge in [0.05, 0.1) is 13.0 Å². The van der Waals surface area contributed by atoms with Gasteiger partial charge in [-0.1, -0.05) is 30.3 Å². The lowest BCUT2D eigenvalue weighted by Crippen LogP contribution is -2.46. The van der Waals surface area contributed by atoms with Gasteiger partial charge in [0.25, 0.3) is 0 Å². The molecule has 4 rings (SSSR count). The Labute approximate surface area is 180 Å². The molecule has 1 fully saturated rings. The molecule has 2 aromatic carbocycles. The molecule has 2 amide bonds. The van der Waals surface area contributed by atoms with Gasteiger partial charge in [-0.3, -0.25) is 9.59 Å². The first-order chi connectivity index (χ1) is 15.0. The van der Waals surface area contributed by atoms with E-state index < -0.39 is 17.9 Å². The summed E-state index contributed by atoms with van der Waals surface area (Å²) in [6.07, 6.45) is 0.380. The number of hydrogen-bond donors (Lipinski definition) is 1. The smallest absolute Gasteiger partial charge is 0.328 e. The Morgan fingerprint density at radius 3 is 2.61 bits per heavy atom. The zero-order chi connectivity index (χ0) is 21.8. The van der Waals surface area contributed by atoms with Crippen LogP contribution >= 0.6 is 0 Å². The predicted octanol–water partition coefficient (Wildman–Crippen LogP) is 1.71. The minimum absolute atomic E-state index is 0.0690. The highest BCUT2D eigenvalue weighted by atomic mass is 16.6. The molecule has 1 saturated heterocycles. The quantitative estimate of drug-likeness (QED) is 0.710. The number of benzene rings is 2. The standard InChI is InChI=1S/C23H24N2O6/c1-29-23(28)18(11-15-5-3-2-4-6-15)24-22(27)16-12-21(26)25(14-16)17-7-8-19-20(13-17)31-10-9-30-19/h2-8,13,16,18H,9-12,14H2,1H3,(H,24,27)/t16-,18+/m0/s1. The minimum atomic E-state index is -0.821. The zero-order valence-corrected chi connectivity index (χ0v) is 17.2. The van der Waals surface area contributed by atoms with Crippen LogP contribution in [0.4, 0.5) is 5.69 Å². The van der Waals surface area contributed by atoms with Crippen molar-refractivity contribution < 1.29 is 28.6 Å². The molecule has 2 heterocycles. The number of carbonyl (C=O) groups excluding carboxylic acids is 3. The maximum atomic E-state index is 12.9. The molecule has 0 aromatic heterocycles. The highest BCUT2D eigenvalue weighted by Gasteiger charge is 2.37. The van der Waals surface area contributed by atoms with Gasteiger partial charge in [-0.2, -0.15) is 0 Å². The van der Waals surface area contributed by atoms with Gasteiger partial charge in [-0.05, 0) is 17.7 Å². The van der Waals surface area contributed by atoms with Crippen LogP contribution in [0, 0.1) is 5.92 Å². The van der Waals surface area contributed by atoms with Crippen LogP contribution in [0.15, 0.2) is 48.5 Å². The topological polar surface area (TPSA) is 94.2 Å². The van der Waals surface area contributed by atoms with Crippen LogP contribution in [0.1, 0.15) is 12.0 Å². The SMILES string of the molecule is COC(=O)[C@@H](Cc1ccccc1)NC(=O)[C@H]1CC(=O)N(c2ccc3c(c2)OCCO3)C1. The lowest BCUT2D eigenvalue weighted by molar-refractivity contribution is -0.145. The van der Waals surface area contributed by atoms with Crippen LogP contribution in [0.3, 0.4) is 0 Å². The zero-order valence-electron chi connectivity index (χ0n) is 17.2. The molecule has 2 aliphatic rings. The van der Waals surface area contributed by atoms with Gasteiger partial charge in [0.15, 0.2) is 11.5 Å². The summed E-state index contributed by atoms with van der Waals surface area (Å²) >= 11 is 0. The van der Waals surface area contributed by atoms with Crippen molar-refractivity contribution >= 4 is 23.5 Å². The number of amides is 2. The number of methoxy groups -OCH3 is 1. The van der Waals surface area contributed by atoms with Crippen molar-refractivity contribution in [1.82, 2.24) is 5.32 Å². The molecule has 1 N–H and O–H groups in total. The first-order valence-corrected chi connectivity index (χ1v) is 10.2. The summed E-state index contributed by atoms with van der Waals surface area (Å²) < 4.78 is 16.0. The summed E-state index contributed by atoms with van der Waals surface area (Å²) in [6, 6.07) is 13.8. The van der Waals surface area contributed by atoms with E-state index in [4.69, 9.17) is 14.2 Å². The van der Waals surface area contributed by atoms with Crippen LogP contribution in [0.2, 0.25) is 0 Å². The van der Waals surface area contributed by atoms with Crippen LogP contribution in [-0.4, -0.2) is 50.7 Å². The van der Waals surface area contributed by atoms with Crippen LogP contribution in [-0.2, 0) is 25.5 Å². The van der Waals surface area contributed by atoms with Crippen molar-refractivity contribution in [2.45, 2.75) is 18.9 Å². The lowest BCUT2D eigenvalue weighted by atomic mass is 10.0. The minimum Gasteiger partial charge on any atom is -0.486 e. The third-order valence-electron chi connectivity index (χ3n) is 5.42. The molecule has 31 heavy (non-hydrogen) atoms. The molecule has 162 valence electrons. The third kappa shape index (κ3) is 4.63. The molecule has 2 aliphatic heterocycles. The first kappa shape index (κ1) is 20.7. The Bertz CT molecular complexity index is 977. The average molecular weight is 424 g/mol. The number of carbonyl (C=O) groups is 3. The second-order valence-corrected chi connectivity index (χ2v) is 7.51. The molecule has 2 aromatic rings. The third-order valence-corrected chi connectivity index (χ3v) is 5.42. The summed E-state index contributed by atoms with van der Waals surface area (Å²) in [4.78, 5) is 39.3. The Morgan fingerprint density at radius 1 is 1.13 bits per heavy atom. The lowest BCUT2D eigenvalue weighted by Gasteiger charge is -2.22. The van der Waals surface area contributed by atoms with Crippen molar-refractivity contribution in [3.8, 4) is 11.5 Å². The van der Waals surface area contributed by atoms with E-state index in [1.165, 1.54) is 7.11 Å². The highest BCUT2D eigenvalue weighted by Crippen LogP contribution is 2.36. The summed E-state index contributed by atoms with van der Waals surface area (Å²) in [5, 5.41) is 2.76. The maximum Gasteiger partial charge on any atom is 0.328 e. The molecular formula is C23H24N2O6. The second-order valence-electron chi connectivity index (χ2n) is 7.51. The van der Waals surface area contributed by atoms with E-state index in [0.717, 1.165) is 5.56 Å². The van der Waals surface area contributed by atoms with E-state index >= 15 is 0 Å². The fourth-order valence-corrected chi connectivity index (χ4v) is 3.81. The summed E-state index contributed by atoms with van der Waals surface area (Å²) in [7, 11) is 1.29. The van der Waals surface area contributed by atoms with Crippen molar-refractivity contribution in [3.63, 3.8) is 0 Å². The van der Waals surface area contributed by atoms with E-state index in [9.17, 15) is 14.4 Å².